The molecule has 0 aliphatic rings. The van der Waals surface area contributed by atoms with Crippen LogP contribution in [0.2, 0.25) is 0 Å². The van der Waals surface area contributed by atoms with Crippen LogP contribution in [0.4, 0.5) is 24.0 Å². The predicted octanol–water partition coefficient (Wildman–Crippen LogP) is 5.93. The number of nitrogens with one attached hydrogen (secondary N) is 1. The monoisotopic (exact) mass is 419 g/mol. The highest BCUT2D eigenvalue weighted by atomic mass is 32.1. The molecule has 0 spiro atoms. The minimum atomic E-state index is -4.49. The molecule has 0 radical (unpaired) electrons. The molecule has 1 aromatic heterocycles. The van der Waals surface area contributed by atoms with Gasteiger partial charge in [0.15, 0.2) is 5.13 Å². The van der Waals surface area contributed by atoms with E-state index in [-0.39, 0.29) is 5.56 Å². The lowest BCUT2D eigenvalue weighted by Crippen LogP contribution is -2.21. The van der Waals surface area contributed by atoms with Gasteiger partial charge in [-0.05, 0) is 44.2 Å². The zero-order valence-electron chi connectivity index (χ0n) is 16.0. The first-order chi connectivity index (χ1) is 13.8. The van der Waals surface area contributed by atoms with Crippen molar-refractivity contribution < 1.29 is 18.0 Å². The van der Waals surface area contributed by atoms with Gasteiger partial charge in [-0.3, -0.25) is 4.79 Å². The van der Waals surface area contributed by atoms with Gasteiger partial charge < -0.3 is 10.2 Å². The van der Waals surface area contributed by atoms with Crippen LogP contribution in [0.15, 0.2) is 53.9 Å². The standard InChI is InChI=1S/C21H20F3N3OS/c1-3-27(4-2)20-26-18(13-29-20)14-8-10-17(11-9-14)25-19(28)15-6-5-7-16(12-15)21(22,23)24/h5-13H,3-4H2,1-2H3,(H,25,28). The molecule has 0 fully saturated rings. The van der Waals surface area contributed by atoms with Crippen LogP contribution in [-0.4, -0.2) is 24.0 Å². The lowest BCUT2D eigenvalue weighted by molar-refractivity contribution is -0.137. The van der Waals surface area contributed by atoms with Gasteiger partial charge in [0.1, 0.15) is 0 Å². The first-order valence-corrected chi connectivity index (χ1v) is 9.99. The molecule has 0 aliphatic heterocycles. The fourth-order valence-electron chi connectivity index (χ4n) is 2.80. The number of nitrogens with zero attached hydrogens (tertiary/aromatic N) is 2. The van der Waals surface area contributed by atoms with Gasteiger partial charge in [-0.2, -0.15) is 13.2 Å². The van der Waals surface area contributed by atoms with Crippen molar-refractivity contribution in [2.75, 3.05) is 23.3 Å². The SMILES string of the molecule is CCN(CC)c1nc(-c2ccc(NC(=O)c3cccc(C(F)(F)F)c3)cc2)cs1. The highest BCUT2D eigenvalue weighted by molar-refractivity contribution is 7.14. The molecule has 3 aromatic rings. The second kappa shape index (κ2) is 8.65. The van der Waals surface area contributed by atoms with Gasteiger partial charge in [-0.25, -0.2) is 4.98 Å². The van der Waals surface area contributed by atoms with Crippen LogP contribution in [0, 0.1) is 0 Å². The Balaban J connectivity index is 1.72. The van der Waals surface area contributed by atoms with Crippen molar-refractivity contribution in [2.45, 2.75) is 20.0 Å². The van der Waals surface area contributed by atoms with E-state index in [1.807, 2.05) is 17.5 Å². The maximum Gasteiger partial charge on any atom is 0.416 e. The molecule has 0 unspecified atom stereocenters. The summed E-state index contributed by atoms with van der Waals surface area (Å²) >= 11 is 1.57. The Morgan fingerprint density at radius 3 is 2.41 bits per heavy atom. The van der Waals surface area contributed by atoms with Crippen LogP contribution in [0.1, 0.15) is 29.8 Å². The Labute approximate surface area is 171 Å². The third kappa shape index (κ3) is 4.95. The zero-order chi connectivity index (χ0) is 21.0. The maximum atomic E-state index is 12.8. The van der Waals surface area contributed by atoms with Crippen molar-refractivity contribution >= 4 is 28.1 Å². The number of aromatic nitrogens is 1. The van der Waals surface area contributed by atoms with Gasteiger partial charge in [-0.1, -0.05) is 18.2 Å². The third-order valence-electron chi connectivity index (χ3n) is 4.42. The summed E-state index contributed by atoms with van der Waals surface area (Å²) in [5, 5.41) is 5.55. The third-order valence-corrected chi connectivity index (χ3v) is 5.32. The number of hydrogen-bond acceptors (Lipinski definition) is 4. The number of carbonyl (C=O) groups is 1. The summed E-state index contributed by atoms with van der Waals surface area (Å²) in [6.07, 6.45) is -4.49. The van der Waals surface area contributed by atoms with Crippen molar-refractivity contribution in [3.63, 3.8) is 0 Å². The van der Waals surface area contributed by atoms with E-state index >= 15 is 0 Å². The van der Waals surface area contributed by atoms with E-state index in [9.17, 15) is 18.0 Å². The Morgan fingerprint density at radius 1 is 1.10 bits per heavy atom. The van der Waals surface area contributed by atoms with Crippen molar-refractivity contribution in [1.29, 1.82) is 0 Å². The Kier molecular flexibility index (Phi) is 6.22. The van der Waals surface area contributed by atoms with Gasteiger partial charge in [0.05, 0.1) is 11.3 Å². The fraction of sp³-hybridized carbons (Fsp3) is 0.238. The molecule has 8 heteroatoms. The minimum Gasteiger partial charge on any atom is -0.349 e. The first-order valence-electron chi connectivity index (χ1n) is 9.11. The summed E-state index contributed by atoms with van der Waals surface area (Å²) in [7, 11) is 0. The molecule has 0 aliphatic carbocycles. The molecule has 1 heterocycles. The van der Waals surface area contributed by atoms with E-state index in [0.29, 0.717) is 5.69 Å². The molecule has 1 amide bonds. The van der Waals surface area contributed by atoms with Crippen LogP contribution >= 0.6 is 11.3 Å². The topological polar surface area (TPSA) is 45.2 Å². The number of amides is 1. The molecular weight excluding hydrogens is 399 g/mol. The number of halogens is 3. The van der Waals surface area contributed by atoms with Gasteiger partial charge in [-0.15, -0.1) is 11.3 Å². The van der Waals surface area contributed by atoms with Crippen molar-refractivity contribution in [2.24, 2.45) is 0 Å². The minimum absolute atomic E-state index is 0.0488. The van der Waals surface area contributed by atoms with Crippen LogP contribution < -0.4 is 10.2 Å². The zero-order valence-corrected chi connectivity index (χ0v) is 16.8. The molecular formula is C21H20F3N3OS. The highest BCUT2D eigenvalue weighted by Gasteiger charge is 2.30. The Hall–Kier alpha value is -2.87. The van der Waals surface area contributed by atoms with Crippen molar-refractivity contribution in [1.82, 2.24) is 4.98 Å². The molecule has 0 bridgehead atoms. The van der Waals surface area contributed by atoms with Crippen LogP contribution in [-0.2, 0) is 6.18 Å². The number of alkyl halides is 3. The van der Waals surface area contributed by atoms with Gasteiger partial charge >= 0.3 is 6.18 Å². The summed E-state index contributed by atoms with van der Waals surface area (Å²) in [6.45, 7) is 5.91. The van der Waals surface area contributed by atoms with E-state index in [0.717, 1.165) is 41.6 Å². The second-order valence-electron chi connectivity index (χ2n) is 6.30. The fourth-order valence-corrected chi connectivity index (χ4v) is 3.76. The average Bonchev–Trinajstić information content (AvgIpc) is 3.19. The number of hydrogen-bond donors (Lipinski definition) is 1. The van der Waals surface area contributed by atoms with E-state index in [4.69, 9.17) is 0 Å². The van der Waals surface area contributed by atoms with Gasteiger partial charge in [0.25, 0.3) is 5.91 Å². The smallest absolute Gasteiger partial charge is 0.349 e. The van der Waals surface area contributed by atoms with Crippen LogP contribution in [0.25, 0.3) is 11.3 Å². The summed E-state index contributed by atoms with van der Waals surface area (Å²) < 4.78 is 38.5. The number of rotatable bonds is 6. The molecule has 2 aromatic carbocycles. The van der Waals surface area contributed by atoms with E-state index in [1.54, 1.807) is 23.5 Å². The van der Waals surface area contributed by atoms with E-state index < -0.39 is 17.6 Å². The summed E-state index contributed by atoms with van der Waals surface area (Å²) in [5.74, 6) is -0.596. The highest BCUT2D eigenvalue weighted by Crippen LogP contribution is 2.30. The van der Waals surface area contributed by atoms with Gasteiger partial charge in [0, 0.05) is 35.3 Å². The molecule has 3 rings (SSSR count). The maximum absolute atomic E-state index is 12.8. The number of benzene rings is 2. The van der Waals surface area contributed by atoms with Crippen molar-refractivity contribution in [3.8, 4) is 11.3 Å². The summed E-state index contributed by atoms with van der Waals surface area (Å²) in [5.41, 5.74) is 1.33. The Bertz CT molecular complexity index is 979. The normalized spacial score (nSPS) is 11.3. The average molecular weight is 419 g/mol. The molecule has 0 saturated carbocycles. The lowest BCUT2D eigenvalue weighted by Gasteiger charge is -2.16. The largest absolute Gasteiger partial charge is 0.416 e. The van der Waals surface area contributed by atoms with E-state index in [1.165, 1.54) is 12.1 Å². The molecule has 1 N–H and O–H groups in total. The number of anilines is 2. The van der Waals surface area contributed by atoms with E-state index in [2.05, 4.69) is 29.0 Å². The summed E-state index contributed by atoms with van der Waals surface area (Å²) in [4.78, 5) is 19.1. The van der Waals surface area contributed by atoms with Gasteiger partial charge in [0.2, 0.25) is 0 Å². The van der Waals surface area contributed by atoms with Crippen LogP contribution in [0.3, 0.4) is 0 Å². The summed E-state index contributed by atoms with van der Waals surface area (Å²) in [6, 6.07) is 11.4. The first kappa shape index (κ1) is 20.9. The van der Waals surface area contributed by atoms with Crippen LogP contribution in [0.5, 0.6) is 0 Å². The van der Waals surface area contributed by atoms with Crippen molar-refractivity contribution in [3.05, 3.63) is 65.0 Å². The molecule has 29 heavy (non-hydrogen) atoms. The molecule has 152 valence electrons. The molecule has 0 atom stereocenters. The Morgan fingerprint density at radius 2 is 1.79 bits per heavy atom. The molecule has 0 saturated heterocycles. The quantitative estimate of drug-likeness (QED) is 0.539. The predicted molar refractivity (Wildman–Crippen MR) is 111 cm³/mol. The number of thiazole rings is 1. The molecule has 4 nitrogen and oxygen atoms in total. The second-order valence-corrected chi connectivity index (χ2v) is 7.13. The number of carbonyl (C=O) groups excluding carboxylic acids is 1. The lowest BCUT2D eigenvalue weighted by atomic mass is 10.1.